The van der Waals surface area contributed by atoms with E-state index in [1.807, 2.05) is 6.20 Å². The van der Waals surface area contributed by atoms with Gasteiger partial charge in [0.25, 0.3) is 0 Å². The van der Waals surface area contributed by atoms with Gasteiger partial charge in [0.05, 0.1) is 11.1 Å². The Morgan fingerprint density at radius 1 is 0.862 bits per heavy atom. The summed E-state index contributed by atoms with van der Waals surface area (Å²) in [5, 5.41) is 1.24. The lowest BCUT2D eigenvalue weighted by Gasteiger charge is -2.15. The van der Waals surface area contributed by atoms with Crippen LogP contribution in [0.15, 0.2) is 60.8 Å². The van der Waals surface area contributed by atoms with E-state index < -0.39 is 0 Å². The van der Waals surface area contributed by atoms with Crippen molar-refractivity contribution in [2.75, 3.05) is 0 Å². The van der Waals surface area contributed by atoms with Crippen molar-refractivity contribution in [1.82, 2.24) is 4.98 Å². The molecule has 2 aromatic carbocycles. The van der Waals surface area contributed by atoms with Crippen molar-refractivity contribution in [2.45, 2.75) is 40.5 Å². The fraction of sp³-hybridized carbons (Fsp3) is 0.259. The number of aryl methyl sites for hydroxylation is 3. The number of nitrogens with zero attached hydrogens (tertiary/aromatic N) is 2. The standard InChI is InChI=1S/C27H29N2/c1-17(2)25-12-11-22(16-28-25)24-15-21-9-7-8-10-26(21)29(6)27(24)23-14-18(3)13-19(4)20(23)5/h7-17H,1-6H3/q+1. The normalized spacial score (nSPS) is 11.4. The summed E-state index contributed by atoms with van der Waals surface area (Å²) >= 11 is 0. The van der Waals surface area contributed by atoms with Crippen LogP contribution in [0.5, 0.6) is 0 Å². The van der Waals surface area contributed by atoms with E-state index in [-0.39, 0.29) is 0 Å². The quantitative estimate of drug-likeness (QED) is 0.373. The van der Waals surface area contributed by atoms with Crippen LogP contribution in [0.3, 0.4) is 0 Å². The van der Waals surface area contributed by atoms with E-state index in [1.54, 1.807) is 0 Å². The molecule has 146 valence electrons. The lowest BCUT2D eigenvalue weighted by Crippen LogP contribution is -2.33. The molecule has 29 heavy (non-hydrogen) atoms. The van der Waals surface area contributed by atoms with E-state index in [0.717, 1.165) is 11.3 Å². The third-order valence-corrected chi connectivity index (χ3v) is 5.94. The highest BCUT2D eigenvalue weighted by molar-refractivity contribution is 5.89. The van der Waals surface area contributed by atoms with Crippen molar-refractivity contribution in [3.63, 3.8) is 0 Å². The number of hydrogen-bond donors (Lipinski definition) is 0. The van der Waals surface area contributed by atoms with Crippen molar-refractivity contribution in [3.8, 4) is 22.4 Å². The average molecular weight is 382 g/mol. The summed E-state index contributed by atoms with van der Waals surface area (Å²) in [7, 11) is 2.17. The predicted molar refractivity (Wildman–Crippen MR) is 122 cm³/mol. The van der Waals surface area contributed by atoms with Gasteiger partial charge in [-0.3, -0.25) is 4.98 Å². The summed E-state index contributed by atoms with van der Waals surface area (Å²) in [6, 6.07) is 19.9. The second-order valence-corrected chi connectivity index (χ2v) is 8.41. The van der Waals surface area contributed by atoms with Crippen LogP contribution in [0.25, 0.3) is 33.3 Å². The first-order valence-electron chi connectivity index (χ1n) is 10.3. The highest BCUT2D eigenvalue weighted by atomic mass is 14.9. The Hall–Kier alpha value is -3.00. The van der Waals surface area contributed by atoms with Crippen LogP contribution in [-0.2, 0) is 7.05 Å². The van der Waals surface area contributed by atoms with Gasteiger partial charge in [-0.25, -0.2) is 0 Å². The minimum Gasteiger partial charge on any atom is -0.260 e. The van der Waals surface area contributed by atoms with Crippen LogP contribution < -0.4 is 4.57 Å². The van der Waals surface area contributed by atoms with Gasteiger partial charge in [0.15, 0.2) is 0 Å². The Kier molecular flexibility index (Phi) is 4.96. The molecule has 0 atom stereocenters. The van der Waals surface area contributed by atoms with E-state index in [2.05, 4.69) is 101 Å². The minimum atomic E-state index is 0.429. The molecule has 2 heteroatoms. The number of benzene rings is 2. The van der Waals surface area contributed by atoms with Gasteiger partial charge in [-0.2, -0.15) is 4.57 Å². The fourth-order valence-corrected chi connectivity index (χ4v) is 4.18. The van der Waals surface area contributed by atoms with Gasteiger partial charge in [-0.05, 0) is 62.1 Å². The summed E-state index contributed by atoms with van der Waals surface area (Å²) in [6.45, 7) is 11.0. The van der Waals surface area contributed by atoms with Crippen LogP contribution in [0.4, 0.5) is 0 Å². The number of aromatic nitrogens is 2. The topological polar surface area (TPSA) is 16.8 Å². The molecular weight excluding hydrogens is 352 g/mol. The Bertz CT molecular complexity index is 1200. The van der Waals surface area contributed by atoms with E-state index in [0.29, 0.717) is 5.92 Å². The summed E-state index contributed by atoms with van der Waals surface area (Å²) in [5.74, 6) is 0.429. The molecule has 0 aliphatic rings. The number of pyridine rings is 2. The maximum Gasteiger partial charge on any atom is 0.221 e. The van der Waals surface area contributed by atoms with Gasteiger partial charge >= 0.3 is 0 Å². The third kappa shape index (κ3) is 3.44. The lowest BCUT2D eigenvalue weighted by molar-refractivity contribution is -0.633. The highest BCUT2D eigenvalue weighted by Crippen LogP contribution is 2.35. The van der Waals surface area contributed by atoms with E-state index in [9.17, 15) is 0 Å². The molecule has 0 radical (unpaired) electrons. The van der Waals surface area contributed by atoms with Crippen LogP contribution >= 0.6 is 0 Å². The number of para-hydroxylation sites is 1. The first kappa shape index (κ1) is 19.3. The van der Waals surface area contributed by atoms with Gasteiger partial charge in [0.2, 0.25) is 11.2 Å². The Labute approximate surface area is 173 Å². The van der Waals surface area contributed by atoms with Crippen LogP contribution in [-0.4, -0.2) is 4.98 Å². The summed E-state index contributed by atoms with van der Waals surface area (Å²) < 4.78 is 2.34. The summed E-state index contributed by atoms with van der Waals surface area (Å²) in [5.41, 5.74) is 11.2. The SMILES string of the molecule is Cc1cc(C)c(C)c(-c2c(-c3ccc(C(C)C)nc3)cc3ccccc3[n+]2C)c1. The smallest absolute Gasteiger partial charge is 0.221 e. The monoisotopic (exact) mass is 381 g/mol. The molecule has 0 N–H and O–H groups in total. The van der Waals surface area contributed by atoms with Crippen LogP contribution in [0, 0.1) is 20.8 Å². The Morgan fingerprint density at radius 3 is 2.31 bits per heavy atom. The molecule has 2 nitrogen and oxygen atoms in total. The van der Waals surface area contributed by atoms with Crippen LogP contribution in [0.2, 0.25) is 0 Å². The zero-order chi connectivity index (χ0) is 20.7. The van der Waals surface area contributed by atoms with Crippen molar-refractivity contribution < 1.29 is 4.57 Å². The van der Waals surface area contributed by atoms with E-state index in [1.165, 1.54) is 44.4 Å². The second kappa shape index (κ2) is 7.44. The number of hydrogen-bond acceptors (Lipinski definition) is 1. The zero-order valence-electron chi connectivity index (χ0n) is 18.2. The van der Waals surface area contributed by atoms with Gasteiger partial charge in [-0.15, -0.1) is 0 Å². The highest BCUT2D eigenvalue weighted by Gasteiger charge is 2.23. The van der Waals surface area contributed by atoms with Gasteiger partial charge in [0.1, 0.15) is 7.05 Å². The van der Waals surface area contributed by atoms with E-state index in [4.69, 9.17) is 4.98 Å². The molecule has 0 amide bonds. The molecule has 0 aliphatic heterocycles. The molecule has 0 saturated heterocycles. The molecule has 0 unspecified atom stereocenters. The van der Waals surface area contributed by atoms with Crippen molar-refractivity contribution >= 4 is 10.9 Å². The lowest BCUT2D eigenvalue weighted by atomic mass is 9.92. The van der Waals surface area contributed by atoms with Crippen molar-refractivity contribution in [3.05, 3.63) is 83.2 Å². The maximum atomic E-state index is 4.75. The molecule has 0 fully saturated rings. The molecule has 4 aromatic rings. The minimum absolute atomic E-state index is 0.429. The number of rotatable bonds is 3. The largest absolute Gasteiger partial charge is 0.260 e. The zero-order valence-corrected chi connectivity index (χ0v) is 18.2. The molecule has 2 aromatic heterocycles. The van der Waals surface area contributed by atoms with Gasteiger partial charge in [-0.1, -0.05) is 43.7 Å². The maximum absolute atomic E-state index is 4.75. The van der Waals surface area contributed by atoms with E-state index >= 15 is 0 Å². The molecule has 0 saturated carbocycles. The summed E-state index contributed by atoms with van der Waals surface area (Å²) in [4.78, 5) is 4.75. The first-order valence-corrected chi connectivity index (χ1v) is 10.3. The molecule has 0 bridgehead atoms. The number of fused-ring (bicyclic) bond motifs is 1. The molecular formula is C27H29N2+. The fourth-order valence-electron chi connectivity index (χ4n) is 4.18. The van der Waals surface area contributed by atoms with Gasteiger partial charge < -0.3 is 0 Å². The average Bonchev–Trinajstić information content (AvgIpc) is 2.71. The Morgan fingerprint density at radius 2 is 1.62 bits per heavy atom. The van der Waals surface area contributed by atoms with Crippen molar-refractivity contribution in [1.29, 1.82) is 0 Å². The molecule has 4 rings (SSSR count). The molecule has 2 heterocycles. The molecule has 0 spiro atoms. The van der Waals surface area contributed by atoms with Crippen molar-refractivity contribution in [2.24, 2.45) is 7.05 Å². The van der Waals surface area contributed by atoms with Gasteiger partial charge in [0, 0.05) is 28.9 Å². The predicted octanol–water partition coefficient (Wildman–Crippen LogP) is 6.44. The summed E-state index contributed by atoms with van der Waals surface area (Å²) in [6.07, 6.45) is 2.03. The second-order valence-electron chi connectivity index (χ2n) is 8.41. The first-order chi connectivity index (χ1) is 13.9. The third-order valence-electron chi connectivity index (χ3n) is 5.94. The van der Waals surface area contributed by atoms with Crippen LogP contribution in [0.1, 0.15) is 42.1 Å². The molecule has 0 aliphatic carbocycles. The Balaban J connectivity index is 2.07.